The standard InChI is InChI=1S/C18H15ClF3N3O3/c1-3-28-13(26)8-12-9(2)23-16-14(10-4-6-11(19)7-5-10)15(18(20,21)22)24-25(16)17(12)27/h4-7,24H,3,8H2,1-2H3. The van der Waals surface area contributed by atoms with Gasteiger partial charge in [-0.25, -0.2) is 9.50 Å². The lowest BCUT2D eigenvalue weighted by atomic mass is 10.1. The van der Waals surface area contributed by atoms with Crippen LogP contribution in [0.15, 0.2) is 29.1 Å². The van der Waals surface area contributed by atoms with Gasteiger partial charge >= 0.3 is 12.1 Å². The molecule has 0 atom stereocenters. The van der Waals surface area contributed by atoms with Crippen molar-refractivity contribution < 1.29 is 22.7 Å². The van der Waals surface area contributed by atoms with E-state index in [9.17, 15) is 22.8 Å². The average Bonchev–Trinajstić information content (AvgIpc) is 2.99. The van der Waals surface area contributed by atoms with E-state index in [2.05, 4.69) is 10.1 Å². The molecule has 0 unspecified atom stereocenters. The third-order valence-electron chi connectivity index (χ3n) is 4.12. The monoisotopic (exact) mass is 413 g/mol. The van der Waals surface area contributed by atoms with Crippen LogP contribution in [0.3, 0.4) is 0 Å². The highest BCUT2D eigenvalue weighted by molar-refractivity contribution is 6.30. The van der Waals surface area contributed by atoms with Gasteiger partial charge in [-0.15, -0.1) is 0 Å². The zero-order valence-corrected chi connectivity index (χ0v) is 15.6. The highest BCUT2D eigenvalue weighted by Gasteiger charge is 2.38. The molecule has 0 amide bonds. The molecule has 0 aliphatic rings. The number of esters is 1. The summed E-state index contributed by atoms with van der Waals surface area (Å²) < 4.78 is 46.4. The quantitative estimate of drug-likeness (QED) is 0.660. The number of alkyl halides is 3. The summed E-state index contributed by atoms with van der Waals surface area (Å²) >= 11 is 5.82. The number of hydrogen-bond donors (Lipinski definition) is 1. The zero-order valence-electron chi connectivity index (χ0n) is 14.9. The predicted molar refractivity (Wildman–Crippen MR) is 96.3 cm³/mol. The van der Waals surface area contributed by atoms with Gasteiger partial charge in [0.2, 0.25) is 0 Å². The van der Waals surface area contributed by atoms with Crippen molar-refractivity contribution in [2.45, 2.75) is 26.4 Å². The van der Waals surface area contributed by atoms with Gasteiger partial charge in [-0.3, -0.25) is 14.7 Å². The van der Waals surface area contributed by atoms with Crippen molar-refractivity contribution >= 4 is 23.2 Å². The normalized spacial score (nSPS) is 11.8. The maximum Gasteiger partial charge on any atom is 0.433 e. The van der Waals surface area contributed by atoms with E-state index in [0.29, 0.717) is 9.54 Å². The maximum absolute atomic E-state index is 13.6. The number of fused-ring (bicyclic) bond motifs is 1. The number of benzene rings is 1. The lowest BCUT2D eigenvalue weighted by Gasteiger charge is -2.08. The number of H-pyrrole nitrogens is 1. The summed E-state index contributed by atoms with van der Waals surface area (Å²) in [6.07, 6.45) is -5.14. The number of halogens is 4. The molecule has 0 aliphatic heterocycles. The number of hydrogen-bond acceptors (Lipinski definition) is 4. The Balaban J connectivity index is 2.29. The van der Waals surface area contributed by atoms with Gasteiger partial charge in [0, 0.05) is 10.7 Å². The largest absolute Gasteiger partial charge is 0.466 e. The molecule has 0 aliphatic carbocycles. The Hall–Kier alpha value is -2.81. The molecular formula is C18H15ClF3N3O3. The van der Waals surface area contributed by atoms with Crippen LogP contribution in [0.5, 0.6) is 0 Å². The first kappa shape index (κ1) is 19.9. The molecule has 1 N–H and O–H groups in total. The van der Waals surface area contributed by atoms with Crippen molar-refractivity contribution in [3.63, 3.8) is 0 Å². The maximum atomic E-state index is 13.6. The minimum Gasteiger partial charge on any atom is -0.466 e. The summed E-state index contributed by atoms with van der Waals surface area (Å²) in [6, 6.07) is 5.71. The fourth-order valence-electron chi connectivity index (χ4n) is 2.87. The van der Waals surface area contributed by atoms with Crippen molar-refractivity contribution in [3.8, 4) is 11.1 Å². The lowest BCUT2D eigenvalue weighted by Crippen LogP contribution is -2.25. The van der Waals surface area contributed by atoms with Crippen LogP contribution < -0.4 is 5.56 Å². The first-order chi connectivity index (χ1) is 13.1. The van der Waals surface area contributed by atoms with Crippen molar-refractivity contribution in [2.24, 2.45) is 0 Å². The number of aromatic nitrogens is 3. The smallest absolute Gasteiger partial charge is 0.433 e. The average molecular weight is 414 g/mol. The second-order valence-corrected chi connectivity index (χ2v) is 6.42. The van der Waals surface area contributed by atoms with E-state index in [4.69, 9.17) is 16.3 Å². The molecule has 0 radical (unpaired) electrons. The van der Waals surface area contributed by atoms with Crippen molar-refractivity contribution in [2.75, 3.05) is 6.61 Å². The Labute approximate surface area is 161 Å². The molecular weight excluding hydrogens is 399 g/mol. The molecule has 28 heavy (non-hydrogen) atoms. The highest BCUT2D eigenvalue weighted by Crippen LogP contribution is 2.38. The number of rotatable bonds is 4. The summed E-state index contributed by atoms with van der Waals surface area (Å²) in [6.45, 7) is 3.19. The third-order valence-corrected chi connectivity index (χ3v) is 4.38. The van der Waals surface area contributed by atoms with Crippen LogP contribution in [0.1, 0.15) is 23.9 Å². The molecule has 10 heteroatoms. The van der Waals surface area contributed by atoms with Crippen LogP contribution in [0.4, 0.5) is 13.2 Å². The summed E-state index contributed by atoms with van der Waals surface area (Å²) in [7, 11) is 0. The van der Waals surface area contributed by atoms with Crippen molar-refractivity contribution in [1.29, 1.82) is 0 Å². The summed E-state index contributed by atoms with van der Waals surface area (Å²) in [5.41, 5.74) is -2.06. The molecule has 2 heterocycles. The summed E-state index contributed by atoms with van der Waals surface area (Å²) in [5, 5.41) is 2.45. The van der Waals surface area contributed by atoms with Crippen LogP contribution >= 0.6 is 11.6 Å². The van der Waals surface area contributed by atoms with Gasteiger partial charge in [0.25, 0.3) is 5.56 Å². The molecule has 148 valence electrons. The van der Waals surface area contributed by atoms with Crippen LogP contribution in [0, 0.1) is 6.92 Å². The fraction of sp³-hybridized carbons (Fsp3) is 0.278. The van der Waals surface area contributed by atoms with Gasteiger partial charge in [-0.1, -0.05) is 23.7 Å². The van der Waals surface area contributed by atoms with E-state index in [1.807, 2.05) is 0 Å². The SMILES string of the molecule is CCOC(=O)Cc1c(C)nc2c(-c3ccc(Cl)cc3)c(C(F)(F)F)[nH]n2c1=O. The van der Waals surface area contributed by atoms with Gasteiger partial charge in [-0.2, -0.15) is 13.2 Å². The molecule has 3 rings (SSSR count). The van der Waals surface area contributed by atoms with Gasteiger partial charge in [0.05, 0.1) is 24.2 Å². The van der Waals surface area contributed by atoms with Crippen molar-refractivity contribution in [3.05, 3.63) is 56.6 Å². The van der Waals surface area contributed by atoms with Gasteiger partial charge in [0.1, 0.15) is 5.69 Å². The highest BCUT2D eigenvalue weighted by atomic mass is 35.5. The van der Waals surface area contributed by atoms with Gasteiger partial charge < -0.3 is 4.74 Å². The molecule has 2 aromatic heterocycles. The lowest BCUT2D eigenvalue weighted by molar-refractivity contribution is -0.142. The second kappa shape index (κ2) is 7.31. The Morgan fingerprint density at radius 3 is 2.50 bits per heavy atom. The van der Waals surface area contributed by atoms with Gasteiger partial charge in [-0.05, 0) is 31.5 Å². The second-order valence-electron chi connectivity index (χ2n) is 5.99. The van der Waals surface area contributed by atoms with E-state index >= 15 is 0 Å². The Kier molecular flexibility index (Phi) is 5.20. The van der Waals surface area contributed by atoms with Crippen molar-refractivity contribution in [1.82, 2.24) is 14.6 Å². The van der Waals surface area contributed by atoms with E-state index in [0.717, 1.165) is 0 Å². The molecule has 3 aromatic rings. The molecule has 0 spiro atoms. The predicted octanol–water partition coefficient (Wildman–Crippen LogP) is 3.78. The Morgan fingerprint density at radius 2 is 1.93 bits per heavy atom. The van der Waals surface area contributed by atoms with E-state index in [1.165, 1.54) is 31.2 Å². The first-order valence-electron chi connectivity index (χ1n) is 8.26. The third kappa shape index (κ3) is 3.62. The summed E-state index contributed by atoms with van der Waals surface area (Å²) in [5.74, 6) is -0.662. The number of nitrogens with zero attached hydrogens (tertiary/aromatic N) is 2. The summed E-state index contributed by atoms with van der Waals surface area (Å²) in [4.78, 5) is 28.7. The van der Waals surface area contributed by atoms with Crippen LogP contribution in [0.2, 0.25) is 5.02 Å². The number of carbonyl (C=O) groups is 1. The topological polar surface area (TPSA) is 76.5 Å². The number of nitrogens with one attached hydrogen (secondary N) is 1. The van der Waals surface area contributed by atoms with Gasteiger partial charge in [0.15, 0.2) is 5.65 Å². The Bertz CT molecular complexity index is 1100. The molecule has 0 saturated heterocycles. The Morgan fingerprint density at radius 1 is 1.29 bits per heavy atom. The fourth-order valence-corrected chi connectivity index (χ4v) is 2.99. The molecule has 1 aromatic carbocycles. The molecule has 0 saturated carbocycles. The van der Waals surface area contributed by atoms with E-state index in [1.54, 1.807) is 6.92 Å². The molecule has 0 fully saturated rings. The number of aromatic amines is 1. The number of ether oxygens (including phenoxy) is 1. The minimum atomic E-state index is -4.76. The van der Waals surface area contributed by atoms with E-state index in [-0.39, 0.29) is 41.1 Å². The van der Waals surface area contributed by atoms with Crippen LogP contribution in [0.25, 0.3) is 16.8 Å². The van der Waals surface area contributed by atoms with Crippen LogP contribution in [-0.4, -0.2) is 27.2 Å². The molecule has 6 nitrogen and oxygen atoms in total. The van der Waals surface area contributed by atoms with E-state index < -0.39 is 23.4 Å². The minimum absolute atomic E-state index is 0.0337. The molecule has 0 bridgehead atoms. The van der Waals surface area contributed by atoms with Crippen LogP contribution in [-0.2, 0) is 22.1 Å². The number of aryl methyl sites for hydroxylation is 1. The number of carbonyl (C=O) groups excluding carboxylic acids is 1. The zero-order chi connectivity index (χ0) is 20.6. The first-order valence-corrected chi connectivity index (χ1v) is 8.64.